The van der Waals surface area contributed by atoms with Gasteiger partial charge in [0.1, 0.15) is 16.6 Å². The van der Waals surface area contributed by atoms with E-state index in [1.165, 1.54) is 28.4 Å². The van der Waals surface area contributed by atoms with Crippen LogP contribution in [0.5, 0.6) is 0 Å². The van der Waals surface area contributed by atoms with Crippen LogP contribution in [-0.4, -0.2) is 129 Å². The zero-order chi connectivity index (χ0) is 60.1. The van der Waals surface area contributed by atoms with Gasteiger partial charge in [-0.15, -0.1) is 35.1 Å². The van der Waals surface area contributed by atoms with Crippen LogP contribution in [0.25, 0.3) is 44.1 Å². The molecule has 4 aromatic carbocycles. The van der Waals surface area contributed by atoms with Gasteiger partial charge in [0.2, 0.25) is 0 Å². The molecule has 3 N–H and O–H groups in total. The van der Waals surface area contributed by atoms with Crippen LogP contribution in [0.15, 0.2) is 109 Å². The first-order valence-electron chi connectivity index (χ1n) is 28.7. The summed E-state index contributed by atoms with van der Waals surface area (Å²) in [6, 6.07) is 18.5. The quantitative estimate of drug-likeness (QED) is 0.104. The number of benzene rings is 4. The highest BCUT2D eigenvalue weighted by atomic mass is 35.5. The first kappa shape index (κ1) is 61.0. The Morgan fingerprint density at radius 3 is 1.47 bits per heavy atom. The van der Waals surface area contributed by atoms with Crippen molar-refractivity contribution in [2.45, 2.75) is 77.2 Å². The number of imidazole rings is 2. The number of fused-ring (bicyclic) bond motifs is 4. The maximum atomic E-state index is 13.8. The number of hydrogen-bond acceptors (Lipinski definition) is 15. The monoisotopic (exact) mass is 1320 g/mol. The highest BCUT2D eigenvalue weighted by molar-refractivity contribution is 7.14. The van der Waals surface area contributed by atoms with Gasteiger partial charge >= 0.3 is 6.09 Å². The Kier molecular flexibility index (Phi) is 17.8. The van der Waals surface area contributed by atoms with Crippen molar-refractivity contribution in [3.63, 3.8) is 0 Å². The Balaban J connectivity index is 0.000000171. The maximum Gasteiger partial charge on any atom is 0.410 e. The second kappa shape index (κ2) is 25.7. The van der Waals surface area contributed by atoms with E-state index >= 15 is 0 Å². The van der Waals surface area contributed by atoms with E-state index in [0.717, 1.165) is 104 Å². The minimum absolute atomic E-state index is 0. The molecule has 0 radical (unpaired) electrons. The molecule has 10 aromatic rings. The number of hydrogen-bond donors (Lipinski definition) is 3. The molecule has 0 aliphatic carbocycles. The molecule has 0 unspecified atom stereocenters. The zero-order valence-corrected chi connectivity index (χ0v) is 53.6. The number of carbonyl (C=O) groups is 3. The number of halogens is 5. The van der Waals surface area contributed by atoms with Crippen LogP contribution >= 0.6 is 81.5 Å². The minimum atomic E-state index is -0.841. The fourth-order valence-electron chi connectivity index (χ4n) is 11.8. The fourth-order valence-corrected chi connectivity index (χ4v) is 13.9. The van der Waals surface area contributed by atoms with E-state index in [2.05, 4.69) is 79.1 Å². The summed E-state index contributed by atoms with van der Waals surface area (Å²) >= 11 is 30.4. The van der Waals surface area contributed by atoms with E-state index in [4.69, 9.17) is 61.3 Å². The summed E-state index contributed by atoms with van der Waals surface area (Å²) in [7, 11) is 0. The number of anilines is 4. The van der Waals surface area contributed by atoms with Gasteiger partial charge in [0, 0.05) is 146 Å². The van der Waals surface area contributed by atoms with Gasteiger partial charge in [-0.05, 0) is 94.0 Å². The van der Waals surface area contributed by atoms with Crippen molar-refractivity contribution in [2.24, 2.45) is 0 Å². The molecule has 6 aromatic heterocycles. The van der Waals surface area contributed by atoms with Gasteiger partial charge in [0.25, 0.3) is 11.8 Å². The molecule has 0 spiro atoms. The first-order chi connectivity index (χ1) is 42.1. The maximum absolute atomic E-state index is 13.8. The van der Waals surface area contributed by atoms with Crippen LogP contribution in [0.3, 0.4) is 0 Å². The summed E-state index contributed by atoms with van der Waals surface area (Å²) in [5, 5.41) is 26.8. The Hall–Kier alpha value is -7.28. The number of nitrogens with zero attached hydrogens (tertiary/aromatic N) is 13. The molecule has 456 valence electrons. The molecule has 4 aliphatic heterocycles. The molecule has 14 rings (SSSR count). The Labute approximate surface area is 541 Å². The van der Waals surface area contributed by atoms with Crippen molar-refractivity contribution in [1.29, 1.82) is 0 Å². The van der Waals surface area contributed by atoms with Crippen LogP contribution in [0.2, 0.25) is 20.1 Å². The predicted molar refractivity (Wildman–Crippen MR) is 352 cm³/mol. The third kappa shape index (κ3) is 12.4. The molecule has 20 nitrogen and oxygen atoms in total. The average molecular weight is 1320 g/mol. The van der Waals surface area contributed by atoms with Gasteiger partial charge in [0.05, 0.1) is 44.1 Å². The van der Waals surface area contributed by atoms with Gasteiger partial charge in [0.15, 0.2) is 22.3 Å². The van der Waals surface area contributed by atoms with Gasteiger partial charge < -0.3 is 33.9 Å². The lowest BCUT2D eigenvalue weighted by molar-refractivity contribution is -0.119. The second-order valence-corrected chi connectivity index (χ2v) is 26.0. The molecule has 0 bridgehead atoms. The number of thiazole rings is 2. The molecule has 2 fully saturated rings. The first-order valence-corrected chi connectivity index (χ1v) is 32.0. The summed E-state index contributed by atoms with van der Waals surface area (Å²) in [6.45, 7) is 13.9. The summed E-state index contributed by atoms with van der Waals surface area (Å²) < 4.78 is 13.0. The average Bonchev–Trinajstić information content (AvgIpc) is 3.01. The SMILES string of the molecule is CC(C)(C)OC(=O)N1CCN(c2ccc(-c3cc(Cl)c4cn([C@@H](C(=O)Nc5nccs5)c5ncn6c5CCC6)nc4c3Cl)cc2)CC1.Cl.O=C(Nc1nccs1)[C@@H](c1ncn2c1CCC2)n1cc2c(Cl)cc(-c3ccc(N4CCNCC4)cc3)c(Cl)c2n1. The minimum Gasteiger partial charge on any atom is -0.444 e. The smallest absolute Gasteiger partial charge is 0.410 e. The van der Waals surface area contributed by atoms with Gasteiger partial charge in [-0.25, -0.2) is 24.7 Å². The Bertz CT molecular complexity index is 4170. The van der Waals surface area contributed by atoms with Gasteiger partial charge in [-0.3, -0.25) is 29.6 Å². The lowest BCUT2D eigenvalue weighted by Gasteiger charge is -2.36. The molecule has 27 heteroatoms. The number of piperazine rings is 2. The fraction of sp³-hybridized carbons (Fsp3) is 0.328. The van der Waals surface area contributed by atoms with Crippen LogP contribution in [-0.2, 0) is 40.3 Å². The lowest BCUT2D eigenvalue weighted by atomic mass is 10.0. The summed E-state index contributed by atoms with van der Waals surface area (Å²) in [6.07, 6.45) is 13.8. The van der Waals surface area contributed by atoms with Gasteiger partial charge in [-0.1, -0.05) is 70.7 Å². The normalized spacial score (nSPS) is 15.6. The van der Waals surface area contributed by atoms with Crippen LogP contribution < -0.4 is 25.8 Å². The highest BCUT2D eigenvalue weighted by Gasteiger charge is 2.35. The summed E-state index contributed by atoms with van der Waals surface area (Å²) in [4.78, 5) is 64.0. The van der Waals surface area contributed by atoms with Crippen LogP contribution in [0.4, 0.5) is 26.4 Å². The Morgan fingerprint density at radius 1 is 0.602 bits per heavy atom. The molecule has 2 atom stereocenters. The molecule has 0 saturated carbocycles. The van der Waals surface area contributed by atoms with E-state index in [1.54, 1.807) is 57.1 Å². The molecular formula is C61H61Cl5N16O4S2. The lowest BCUT2D eigenvalue weighted by Crippen LogP contribution is -2.50. The van der Waals surface area contributed by atoms with E-state index in [1.807, 2.05) is 62.5 Å². The molecule has 88 heavy (non-hydrogen) atoms. The van der Waals surface area contributed by atoms with Gasteiger partial charge in [-0.2, -0.15) is 10.2 Å². The number of rotatable bonds is 12. The van der Waals surface area contributed by atoms with Crippen molar-refractivity contribution in [3.8, 4) is 22.3 Å². The van der Waals surface area contributed by atoms with Crippen LogP contribution in [0, 0.1) is 0 Å². The number of amides is 3. The number of carbonyl (C=O) groups excluding carboxylic acids is 3. The van der Waals surface area contributed by atoms with E-state index < -0.39 is 17.7 Å². The third-order valence-corrected chi connectivity index (χ3v) is 18.8. The van der Waals surface area contributed by atoms with E-state index in [0.29, 0.717) is 89.7 Å². The number of aryl methyl sites for hydroxylation is 2. The third-order valence-electron chi connectivity index (χ3n) is 16.0. The van der Waals surface area contributed by atoms with Crippen molar-refractivity contribution in [1.82, 2.24) is 58.8 Å². The topological polar surface area (TPSA) is 203 Å². The number of aromatic nitrogens is 10. The molecule has 4 aliphatic rings. The largest absolute Gasteiger partial charge is 0.444 e. The van der Waals surface area contributed by atoms with Crippen molar-refractivity contribution >= 4 is 143 Å². The molecule has 3 amide bonds. The standard InChI is InChI=1S/C33H34Cl2N8O3S.C28H26Cl2N8OS.ClH/c1-33(2,3)46-32(45)41-14-12-40(13-15-41)21-8-6-20(7-9-21)22-17-24(34)23-18-43(39-27(23)26(22)35)29(30(44)38-31-36-10-16-47-31)28-25-5-4-11-42(25)19-37-28;29-21-14-19(17-3-5-18(6-4-17)36-11-7-31-8-12-36)23(30)24-20(21)15-38(35-24)26(27(39)34-28-32-9-13-40-28)25-22-2-1-10-37(22)16-33-25;/h6-10,16-19,29H,4-5,11-15H2,1-3H3,(H,36,38,44);3-6,9,13-16,26,31H,1-2,7-8,10-12H2,(H,32,34,39);1H/t29-;26-;/m11./s1. The second-order valence-electron chi connectivity index (χ2n) is 22.7. The number of nitrogens with one attached hydrogen (secondary N) is 3. The van der Waals surface area contributed by atoms with Crippen molar-refractivity contribution < 1.29 is 19.1 Å². The molecular weight excluding hydrogens is 1260 g/mol. The zero-order valence-electron chi connectivity index (χ0n) is 48.1. The summed E-state index contributed by atoms with van der Waals surface area (Å²) in [5.74, 6) is -0.566. The predicted octanol–water partition coefficient (Wildman–Crippen LogP) is 12.6. The van der Waals surface area contributed by atoms with Crippen molar-refractivity contribution in [2.75, 3.05) is 72.8 Å². The Morgan fingerprint density at radius 2 is 1.05 bits per heavy atom. The number of ether oxygens (including phenoxy) is 1. The highest BCUT2D eigenvalue weighted by Crippen LogP contribution is 2.42. The van der Waals surface area contributed by atoms with Crippen molar-refractivity contribution in [3.05, 3.63) is 152 Å². The van der Waals surface area contributed by atoms with E-state index in [9.17, 15) is 14.4 Å². The van der Waals surface area contributed by atoms with E-state index in [-0.39, 0.29) is 30.3 Å². The molecule has 10 heterocycles. The molecule has 2 saturated heterocycles. The summed E-state index contributed by atoms with van der Waals surface area (Å²) in [5.41, 5.74) is 9.51. The van der Waals surface area contributed by atoms with Crippen LogP contribution in [0.1, 0.15) is 68.5 Å².